The number of hydrogen-bond donors (Lipinski definition) is 1. The van der Waals surface area contributed by atoms with Crippen LogP contribution >= 0.6 is 22.9 Å². The summed E-state index contributed by atoms with van der Waals surface area (Å²) in [4.78, 5) is 26.5. The summed E-state index contributed by atoms with van der Waals surface area (Å²) in [5.41, 5.74) is 2.80. The van der Waals surface area contributed by atoms with Crippen molar-refractivity contribution in [3.8, 4) is 0 Å². The molecule has 0 aliphatic rings. The summed E-state index contributed by atoms with van der Waals surface area (Å²) in [5, 5.41) is 3.04. The number of Topliss-reactive ketones (excluding diaryl/α,β-unsaturated/α-hetero) is 1. The van der Waals surface area contributed by atoms with Crippen molar-refractivity contribution in [2.75, 3.05) is 5.32 Å². The molecule has 0 atom stereocenters. The Morgan fingerprint density at radius 2 is 2.24 bits per heavy atom. The number of hydrogen-bond acceptors (Lipinski definition) is 4. The van der Waals surface area contributed by atoms with E-state index in [9.17, 15) is 9.59 Å². The Balaban J connectivity index is 2.34. The van der Waals surface area contributed by atoms with Crippen LogP contribution in [0.15, 0.2) is 17.6 Å². The summed E-state index contributed by atoms with van der Waals surface area (Å²) in [5.74, 6) is -0.566. The highest BCUT2D eigenvalue weighted by molar-refractivity contribution is 7.16. The van der Waals surface area contributed by atoms with E-state index in [2.05, 4.69) is 10.3 Å². The molecule has 0 unspecified atom stereocenters. The smallest absolute Gasteiger partial charge is 0.231 e. The zero-order chi connectivity index (χ0) is 12.4. The third-order valence-electron chi connectivity index (χ3n) is 2.13. The summed E-state index contributed by atoms with van der Waals surface area (Å²) in [6.45, 7) is 1.37. The number of thiazole rings is 1. The van der Waals surface area contributed by atoms with Gasteiger partial charge in [-0.25, -0.2) is 4.98 Å². The number of anilines is 1. The number of aromatic nitrogens is 1. The second-order valence-corrected chi connectivity index (χ2v) is 4.84. The number of nitrogens with one attached hydrogen (secondary N) is 1. The van der Waals surface area contributed by atoms with Crippen LogP contribution in [0.4, 0.5) is 5.69 Å². The lowest BCUT2D eigenvalue weighted by molar-refractivity contribution is -0.124. The standard InChI is InChI=1S/C11H9ClN2O2S/c1-6(15)4-9(16)14-10-7(12)2-3-8-11(10)13-5-17-8/h2-3,5H,4H2,1H3,(H,14,16). The van der Waals surface area contributed by atoms with Crippen LogP contribution in [0.5, 0.6) is 0 Å². The van der Waals surface area contributed by atoms with Gasteiger partial charge in [0.15, 0.2) is 0 Å². The van der Waals surface area contributed by atoms with Crippen molar-refractivity contribution < 1.29 is 9.59 Å². The molecule has 2 aromatic rings. The largest absolute Gasteiger partial charge is 0.323 e. The lowest BCUT2D eigenvalue weighted by Gasteiger charge is -2.06. The van der Waals surface area contributed by atoms with E-state index >= 15 is 0 Å². The summed E-state index contributed by atoms with van der Waals surface area (Å²) in [6, 6.07) is 3.54. The molecule has 6 heteroatoms. The van der Waals surface area contributed by atoms with Gasteiger partial charge in [0.1, 0.15) is 11.3 Å². The molecule has 0 saturated heterocycles. The number of nitrogens with zero attached hydrogens (tertiary/aromatic N) is 1. The number of carbonyl (C=O) groups is 2. The van der Waals surface area contributed by atoms with Gasteiger partial charge in [-0.3, -0.25) is 9.59 Å². The molecule has 0 radical (unpaired) electrons. The average Bonchev–Trinajstić information content (AvgIpc) is 2.69. The van der Waals surface area contributed by atoms with Crippen LogP contribution in [0.25, 0.3) is 10.2 Å². The van der Waals surface area contributed by atoms with Crippen molar-refractivity contribution in [1.82, 2.24) is 4.98 Å². The SMILES string of the molecule is CC(=O)CC(=O)Nc1c(Cl)ccc2scnc12. The Hall–Kier alpha value is -1.46. The van der Waals surface area contributed by atoms with Gasteiger partial charge in [0.2, 0.25) is 5.91 Å². The molecule has 0 bridgehead atoms. The first-order chi connectivity index (χ1) is 8.08. The molecule has 2 rings (SSSR count). The van der Waals surface area contributed by atoms with E-state index < -0.39 is 0 Å². The minimum atomic E-state index is -0.375. The van der Waals surface area contributed by atoms with E-state index in [1.165, 1.54) is 18.3 Å². The molecule has 1 aromatic heterocycles. The molecule has 0 aliphatic carbocycles. The van der Waals surface area contributed by atoms with Crippen LogP contribution in [-0.4, -0.2) is 16.7 Å². The van der Waals surface area contributed by atoms with E-state index in [0.29, 0.717) is 16.2 Å². The molecule has 1 amide bonds. The van der Waals surface area contributed by atoms with Gasteiger partial charge in [0, 0.05) is 0 Å². The van der Waals surface area contributed by atoms with Crippen LogP contribution < -0.4 is 5.32 Å². The van der Waals surface area contributed by atoms with E-state index in [0.717, 1.165) is 4.70 Å². The van der Waals surface area contributed by atoms with Crippen molar-refractivity contribution in [3.63, 3.8) is 0 Å². The van der Waals surface area contributed by atoms with Gasteiger partial charge in [-0.2, -0.15) is 0 Å². The van der Waals surface area contributed by atoms with Crippen LogP contribution in [0.3, 0.4) is 0 Å². The molecule has 0 aliphatic heterocycles. The Bertz CT molecular complexity index is 594. The van der Waals surface area contributed by atoms with E-state index in [1.807, 2.05) is 6.07 Å². The number of rotatable bonds is 3. The fourth-order valence-corrected chi connectivity index (χ4v) is 2.32. The maximum atomic E-state index is 11.5. The highest BCUT2D eigenvalue weighted by Crippen LogP contribution is 2.32. The number of ketones is 1. The van der Waals surface area contributed by atoms with E-state index in [1.54, 1.807) is 11.6 Å². The minimum Gasteiger partial charge on any atom is -0.323 e. The molecular weight excluding hydrogens is 260 g/mol. The number of carbonyl (C=O) groups excluding carboxylic acids is 2. The molecule has 1 aromatic carbocycles. The van der Waals surface area contributed by atoms with Crippen LogP contribution in [-0.2, 0) is 9.59 Å². The zero-order valence-corrected chi connectivity index (χ0v) is 10.6. The minimum absolute atomic E-state index is 0.156. The fourth-order valence-electron chi connectivity index (χ4n) is 1.44. The first-order valence-electron chi connectivity index (χ1n) is 4.89. The Labute approximate surface area is 107 Å². The third-order valence-corrected chi connectivity index (χ3v) is 3.23. The molecule has 4 nitrogen and oxygen atoms in total. The molecule has 1 N–H and O–H groups in total. The van der Waals surface area contributed by atoms with Gasteiger partial charge in [0.05, 0.1) is 27.3 Å². The summed E-state index contributed by atoms with van der Waals surface area (Å²) < 4.78 is 0.938. The molecular formula is C11H9ClN2O2S. The lowest BCUT2D eigenvalue weighted by atomic mass is 10.2. The van der Waals surface area contributed by atoms with Crippen molar-refractivity contribution in [1.29, 1.82) is 0 Å². The zero-order valence-electron chi connectivity index (χ0n) is 8.99. The van der Waals surface area contributed by atoms with Gasteiger partial charge in [-0.15, -0.1) is 11.3 Å². The number of benzene rings is 1. The third kappa shape index (κ3) is 2.62. The summed E-state index contributed by atoms with van der Waals surface area (Å²) in [7, 11) is 0. The Morgan fingerprint density at radius 1 is 1.47 bits per heavy atom. The molecule has 88 valence electrons. The maximum Gasteiger partial charge on any atom is 0.231 e. The van der Waals surface area contributed by atoms with Crippen LogP contribution in [0, 0.1) is 0 Å². The number of amides is 1. The van der Waals surface area contributed by atoms with Crippen LogP contribution in [0.2, 0.25) is 5.02 Å². The first-order valence-corrected chi connectivity index (χ1v) is 6.14. The molecule has 1 heterocycles. The van der Waals surface area contributed by atoms with Gasteiger partial charge < -0.3 is 5.32 Å². The first kappa shape index (κ1) is 12.0. The van der Waals surface area contributed by atoms with Crippen molar-refractivity contribution in [2.24, 2.45) is 0 Å². The lowest BCUT2D eigenvalue weighted by Crippen LogP contribution is -2.15. The quantitative estimate of drug-likeness (QED) is 0.871. The second kappa shape index (κ2) is 4.81. The number of halogens is 1. The second-order valence-electron chi connectivity index (χ2n) is 3.55. The fraction of sp³-hybridized carbons (Fsp3) is 0.182. The predicted molar refractivity (Wildman–Crippen MR) is 68.6 cm³/mol. The Kier molecular flexibility index (Phi) is 3.40. The van der Waals surface area contributed by atoms with Gasteiger partial charge in [-0.1, -0.05) is 11.6 Å². The molecule has 17 heavy (non-hydrogen) atoms. The van der Waals surface area contributed by atoms with Crippen molar-refractivity contribution in [2.45, 2.75) is 13.3 Å². The van der Waals surface area contributed by atoms with Crippen molar-refractivity contribution >= 4 is 50.5 Å². The van der Waals surface area contributed by atoms with Gasteiger partial charge in [-0.05, 0) is 19.1 Å². The summed E-state index contributed by atoms with van der Waals surface area (Å²) in [6.07, 6.45) is -0.156. The molecule has 0 fully saturated rings. The number of fused-ring (bicyclic) bond motifs is 1. The van der Waals surface area contributed by atoms with Crippen LogP contribution in [0.1, 0.15) is 13.3 Å². The van der Waals surface area contributed by atoms with E-state index in [-0.39, 0.29) is 18.1 Å². The van der Waals surface area contributed by atoms with Gasteiger partial charge >= 0.3 is 0 Å². The summed E-state index contributed by atoms with van der Waals surface area (Å²) >= 11 is 7.47. The normalized spacial score (nSPS) is 10.5. The average molecular weight is 269 g/mol. The topological polar surface area (TPSA) is 59.1 Å². The molecule has 0 saturated carbocycles. The maximum absolute atomic E-state index is 11.5. The van der Waals surface area contributed by atoms with Crippen molar-refractivity contribution in [3.05, 3.63) is 22.7 Å². The predicted octanol–water partition coefficient (Wildman–Crippen LogP) is 2.87. The van der Waals surface area contributed by atoms with E-state index in [4.69, 9.17) is 11.6 Å². The Morgan fingerprint density at radius 3 is 2.94 bits per heavy atom. The highest BCUT2D eigenvalue weighted by Gasteiger charge is 2.12. The highest BCUT2D eigenvalue weighted by atomic mass is 35.5. The van der Waals surface area contributed by atoms with Gasteiger partial charge in [0.25, 0.3) is 0 Å². The monoisotopic (exact) mass is 268 g/mol. The molecule has 0 spiro atoms.